The highest BCUT2D eigenvalue weighted by atomic mass is 32.2. The van der Waals surface area contributed by atoms with Crippen molar-refractivity contribution in [1.29, 1.82) is 0 Å². The van der Waals surface area contributed by atoms with Crippen molar-refractivity contribution in [2.45, 2.75) is 37.5 Å². The number of ether oxygens (including phenoxy) is 1. The summed E-state index contributed by atoms with van der Waals surface area (Å²) in [6.45, 7) is 4.38. The van der Waals surface area contributed by atoms with Crippen molar-refractivity contribution in [3.8, 4) is 0 Å². The Morgan fingerprint density at radius 1 is 1.29 bits per heavy atom. The maximum Gasteiger partial charge on any atom is 0.343 e. The Morgan fingerprint density at radius 3 is 2.79 bits per heavy atom. The van der Waals surface area contributed by atoms with E-state index >= 15 is 0 Å². The molecule has 2 aromatic rings. The molecule has 10 heteroatoms. The lowest BCUT2D eigenvalue weighted by molar-refractivity contribution is -0.125. The van der Waals surface area contributed by atoms with Crippen LogP contribution in [0.25, 0.3) is 0 Å². The number of amides is 2. The van der Waals surface area contributed by atoms with Gasteiger partial charge in [0.25, 0.3) is 0 Å². The fourth-order valence-corrected chi connectivity index (χ4v) is 3.89. The molecular weight excluding hydrogens is 382 g/mol. The molecule has 1 aliphatic heterocycles. The van der Waals surface area contributed by atoms with E-state index in [0.717, 1.165) is 11.8 Å². The molecule has 0 spiro atoms. The first-order valence-electron chi connectivity index (χ1n) is 8.86. The van der Waals surface area contributed by atoms with Crippen molar-refractivity contribution in [1.82, 2.24) is 14.8 Å². The van der Waals surface area contributed by atoms with Gasteiger partial charge in [0, 0.05) is 20.3 Å². The largest absolute Gasteiger partial charge is 0.385 e. The molecule has 0 fully saturated rings. The molecule has 150 valence electrons. The average Bonchev–Trinajstić information content (AvgIpc) is 3.01. The van der Waals surface area contributed by atoms with Crippen LogP contribution in [0.5, 0.6) is 0 Å². The number of hydrogen-bond donors (Lipinski definition) is 2. The summed E-state index contributed by atoms with van der Waals surface area (Å²) in [5, 5.41) is 9.69. The number of benzene rings is 1. The summed E-state index contributed by atoms with van der Waals surface area (Å²) < 4.78 is 6.50. The summed E-state index contributed by atoms with van der Waals surface area (Å²) >= 11 is 1.16. The van der Waals surface area contributed by atoms with E-state index < -0.39 is 5.54 Å². The topological polar surface area (TPSA) is 109 Å². The van der Waals surface area contributed by atoms with Gasteiger partial charge in [-0.25, -0.2) is 9.89 Å². The first kappa shape index (κ1) is 20.2. The third-order valence-corrected chi connectivity index (χ3v) is 5.50. The van der Waals surface area contributed by atoms with Gasteiger partial charge >= 0.3 is 5.69 Å². The monoisotopic (exact) mass is 405 g/mol. The van der Waals surface area contributed by atoms with Crippen LogP contribution in [0.2, 0.25) is 0 Å². The van der Waals surface area contributed by atoms with E-state index in [2.05, 4.69) is 15.5 Å². The minimum Gasteiger partial charge on any atom is -0.385 e. The zero-order chi connectivity index (χ0) is 20.3. The van der Waals surface area contributed by atoms with Crippen LogP contribution in [0, 0.1) is 0 Å². The molecule has 9 nitrogen and oxygen atoms in total. The van der Waals surface area contributed by atoms with Gasteiger partial charge in [-0.2, -0.15) is 0 Å². The van der Waals surface area contributed by atoms with Gasteiger partial charge in [-0.3, -0.25) is 19.1 Å². The van der Waals surface area contributed by atoms with Crippen LogP contribution in [-0.4, -0.2) is 51.6 Å². The van der Waals surface area contributed by atoms with Crippen LogP contribution in [-0.2, 0) is 20.9 Å². The summed E-state index contributed by atoms with van der Waals surface area (Å²) in [7, 11) is 1.60. The molecule has 0 aliphatic carbocycles. The minimum absolute atomic E-state index is 0.0413. The van der Waals surface area contributed by atoms with Crippen molar-refractivity contribution >= 4 is 35.0 Å². The van der Waals surface area contributed by atoms with Crippen LogP contribution in [0.1, 0.15) is 20.3 Å². The van der Waals surface area contributed by atoms with Gasteiger partial charge in [-0.05, 0) is 32.4 Å². The Bertz CT molecular complexity index is 936. The van der Waals surface area contributed by atoms with Crippen molar-refractivity contribution in [3.63, 3.8) is 0 Å². The first-order valence-corrected chi connectivity index (χ1v) is 9.85. The standard InChI is InChI=1S/C18H23N5O4S/c1-18(2)15(25)19-12-7-4-5-8-13(12)23(18)14(24)11-28-17-21-20-16(26)22(17)9-6-10-27-3/h4-5,7-8H,6,9-11H2,1-3H3,(H,19,25)(H,20,26). The third-order valence-electron chi connectivity index (χ3n) is 4.54. The van der Waals surface area contributed by atoms with Crippen LogP contribution >= 0.6 is 11.8 Å². The number of nitrogens with zero attached hydrogens (tertiary/aromatic N) is 3. The van der Waals surface area contributed by atoms with Crippen LogP contribution in [0.3, 0.4) is 0 Å². The lowest BCUT2D eigenvalue weighted by Gasteiger charge is -2.42. The highest BCUT2D eigenvalue weighted by Crippen LogP contribution is 2.37. The molecule has 3 rings (SSSR count). The van der Waals surface area contributed by atoms with Gasteiger partial charge in [0.05, 0.1) is 17.1 Å². The number of thioether (sulfide) groups is 1. The number of aromatic amines is 1. The Balaban J connectivity index is 1.78. The summed E-state index contributed by atoms with van der Waals surface area (Å²) in [4.78, 5) is 39.0. The van der Waals surface area contributed by atoms with Gasteiger partial charge in [0.15, 0.2) is 5.16 Å². The molecule has 0 saturated carbocycles. The van der Waals surface area contributed by atoms with Crippen LogP contribution < -0.4 is 15.9 Å². The normalized spacial score (nSPS) is 15.2. The molecule has 0 atom stereocenters. The van der Waals surface area contributed by atoms with E-state index in [0.29, 0.717) is 36.1 Å². The predicted molar refractivity (Wildman–Crippen MR) is 107 cm³/mol. The number of carbonyl (C=O) groups is 2. The number of aromatic nitrogens is 3. The number of methoxy groups -OCH3 is 1. The second-order valence-corrected chi connectivity index (χ2v) is 7.80. The molecular formula is C18H23N5O4S. The van der Waals surface area contributed by atoms with Crippen LogP contribution in [0.4, 0.5) is 11.4 Å². The predicted octanol–water partition coefficient (Wildman–Crippen LogP) is 1.46. The quantitative estimate of drug-likeness (QED) is 0.533. The van der Waals surface area contributed by atoms with E-state index in [-0.39, 0.29) is 23.3 Å². The lowest BCUT2D eigenvalue weighted by Crippen LogP contribution is -2.59. The summed E-state index contributed by atoms with van der Waals surface area (Å²) in [5.74, 6) is -0.448. The van der Waals surface area contributed by atoms with Gasteiger partial charge in [-0.1, -0.05) is 23.9 Å². The number of anilines is 2. The molecule has 1 aromatic heterocycles. The molecule has 0 bridgehead atoms. The number of para-hydroxylation sites is 2. The molecule has 1 aliphatic rings. The van der Waals surface area contributed by atoms with E-state index in [1.165, 1.54) is 9.47 Å². The molecule has 0 radical (unpaired) electrons. The first-order chi connectivity index (χ1) is 13.4. The summed E-state index contributed by atoms with van der Waals surface area (Å²) in [6.07, 6.45) is 0.657. The fraction of sp³-hybridized carbons (Fsp3) is 0.444. The molecule has 0 unspecified atom stereocenters. The molecule has 2 N–H and O–H groups in total. The van der Waals surface area contributed by atoms with Gasteiger partial charge in [0.1, 0.15) is 5.54 Å². The number of rotatable bonds is 7. The van der Waals surface area contributed by atoms with Crippen molar-refractivity contribution in [2.24, 2.45) is 0 Å². The number of H-pyrrole nitrogens is 1. The molecule has 28 heavy (non-hydrogen) atoms. The molecule has 0 saturated heterocycles. The van der Waals surface area contributed by atoms with E-state index in [4.69, 9.17) is 4.74 Å². The molecule has 1 aromatic carbocycles. The number of nitrogens with one attached hydrogen (secondary N) is 2. The number of carbonyl (C=O) groups excluding carboxylic acids is 2. The zero-order valence-corrected chi connectivity index (χ0v) is 16.8. The Kier molecular flexibility index (Phi) is 5.90. The maximum absolute atomic E-state index is 13.1. The van der Waals surface area contributed by atoms with E-state index in [9.17, 15) is 14.4 Å². The second-order valence-electron chi connectivity index (χ2n) is 6.86. The molecule has 2 amide bonds. The Labute approximate surface area is 166 Å². The zero-order valence-electron chi connectivity index (χ0n) is 16.0. The molecule has 2 heterocycles. The van der Waals surface area contributed by atoms with E-state index in [1.807, 2.05) is 6.07 Å². The van der Waals surface area contributed by atoms with Crippen molar-refractivity contribution < 1.29 is 14.3 Å². The van der Waals surface area contributed by atoms with Crippen LogP contribution in [0.15, 0.2) is 34.2 Å². The lowest BCUT2D eigenvalue weighted by atomic mass is 9.96. The van der Waals surface area contributed by atoms with Gasteiger partial charge in [0.2, 0.25) is 11.8 Å². The highest BCUT2D eigenvalue weighted by molar-refractivity contribution is 7.99. The Hall–Kier alpha value is -2.59. The summed E-state index contributed by atoms with van der Waals surface area (Å²) in [6, 6.07) is 7.18. The smallest absolute Gasteiger partial charge is 0.343 e. The highest BCUT2D eigenvalue weighted by Gasteiger charge is 2.43. The maximum atomic E-state index is 13.1. The van der Waals surface area contributed by atoms with Crippen molar-refractivity contribution in [2.75, 3.05) is 29.7 Å². The van der Waals surface area contributed by atoms with E-state index in [1.54, 1.807) is 39.2 Å². The van der Waals surface area contributed by atoms with Gasteiger partial charge in [-0.15, -0.1) is 5.10 Å². The SMILES string of the molecule is COCCCn1c(SCC(=O)N2c3ccccc3NC(=O)C2(C)C)n[nH]c1=O. The number of fused-ring (bicyclic) bond motifs is 1. The number of hydrogen-bond acceptors (Lipinski definition) is 6. The third kappa shape index (κ3) is 3.83. The minimum atomic E-state index is -1.03. The fourth-order valence-electron chi connectivity index (χ4n) is 3.07. The average molecular weight is 405 g/mol. The van der Waals surface area contributed by atoms with Crippen molar-refractivity contribution in [3.05, 3.63) is 34.7 Å². The van der Waals surface area contributed by atoms with Gasteiger partial charge < -0.3 is 10.1 Å². The second kappa shape index (κ2) is 8.19. The summed E-state index contributed by atoms with van der Waals surface area (Å²) in [5.41, 5.74) is -0.108. The Morgan fingerprint density at radius 2 is 2.04 bits per heavy atom.